The van der Waals surface area contributed by atoms with Crippen molar-refractivity contribution < 1.29 is 14.4 Å². The molecular formula is C35H46ClN7O3S. The molecular weight excluding hydrogens is 634 g/mol. The summed E-state index contributed by atoms with van der Waals surface area (Å²) in [5.74, 6) is 2.03. The predicted molar refractivity (Wildman–Crippen MR) is 188 cm³/mol. The van der Waals surface area contributed by atoms with Crippen molar-refractivity contribution >= 4 is 52.2 Å². The van der Waals surface area contributed by atoms with Crippen molar-refractivity contribution in [1.82, 2.24) is 24.5 Å². The van der Waals surface area contributed by atoms with E-state index in [1.807, 2.05) is 26.1 Å². The number of nitrogens with one attached hydrogen (secondary N) is 1. The SMILES string of the molecule is C#Cc1cc(C[C@@H](CC(=O)N2CCC(N3CCc4cscc4NC3=O)CC2)C(=O)N2CCC(N3CCN(C)CC3)CC2)cc(Cl)c1N. The maximum atomic E-state index is 14.1. The number of carbonyl (C=O) groups excluding carboxylic acids is 3. The fourth-order valence-electron chi connectivity index (χ4n) is 7.61. The van der Waals surface area contributed by atoms with Gasteiger partial charge in [0, 0.05) is 88.4 Å². The van der Waals surface area contributed by atoms with Crippen LogP contribution in [0.4, 0.5) is 16.2 Å². The number of nitrogens with two attached hydrogens (primary N) is 1. The number of anilines is 2. The molecule has 0 radical (unpaired) electrons. The molecule has 4 amide bonds. The van der Waals surface area contributed by atoms with Gasteiger partial charge in [-0.05, 0) is 74.2 Å². The number of carbonyl (C=O) groups is 3. The number of nitrogens with zero attached hydrogens (tertiary/aromatic N) is 5. The summed E-state index contributed by atoms with van der Waals surface area (Å²) in [6.07, 6.45) is 10.3. The number of amides is 4. The highest BCUT2D eigenvalue weighted by Gasteiger charge is 2.36. The van der Waals surface area contributed by atoms with Crippen molar-refractivity contribution in [2.24, 2.45) is 5.92 Å². The molecule has 47 heavy (non-hydrogen) atoms. The second-order valence-corrected chi connectivity index (χ2v) is 14.6. The number of nitrogen functional groups attached to an aromatic ring is 1. The van der Waals surface area contributed by atoms with E-state index in [0.717, 1.165) is 56.7 Å². The molecule has 6 rings (SSSR count). The van der Waals surface area contributed by atoms with Crippen LogP contribution < -0.4 is 11.1 Å². The molecule has 4 aliphatic rings. The number of piperidine rings is 2. The fourth-order valence-corrected chi connectivity index (χ4v) is 8.68. The van der Waals surface area contributed by atoms with Gasteiger partial charge >= 0.3 is 6.03 Å². The number of likely N-dealkylation sites (tertiary alicyclic amines) is 2. The third-order valence-corrected chi connectivity index (χ3v) is 11.7. The van der Waals surface area contributed by atoms with Crippen LogP contribution in [0.2, 0.25) is 5.02 Å². The number of urea groups is 1. The van der Waals surface area contributed by atoms with Crippen LogP contribution in [0.5, 0.6) is 0 Å². The number of hydrogen-bond acceptors (Lipinski definition) is 7. The lowest BCUT2D eigenvalue weighted by atomic mass is 9.91. The molecule has 1 aromatic carbocycles. The summed E-state index contributed by atoms with van der Waals surface area (Å²) in [6, 6.07) is 4.06. The maximum absolute atomic E-state index is 14.1. The number of likely N-dealkylation sites (N-methyl/N-ethyl adjacent to an activating group) is 1. The zero-order valence-corrected chi connectivity index (χ0v) is 28.8. The molecule has 5 heterocycles. The second-order valence-electron chi connectivity index (χ2n) is 13.5. The average Bonchev–Trinajstić information content (AvgIpc) is 3.46. The number of terminal acetylenes is 1. The molecule has 3 fully saturated rings. The third-order valence-electron chi connectivity index (χ3n) is 10.6. The first kappa shape index (κ1) is 33.6. The van der Waals surface area contributed by atoms with Gasteiger partial charge in [0.2, 0.25) is 11.8 Å². The highest BCUT2D eigenvalue weighted by Crippen LogP contribution is 2.30. The van der Waals surface area contributed by atoms with Gasteiger partial charge in [0.15, 0.2) is 0 Å². The molecule has 0 saturated carbocycles. The highest BCUT2D eigenvalue weighted by molar-refractivity contribution is 7.08. The zero-order chi connectivity index (χ0) is 33.1. The van der Waals surface area contributed by atoms with Gasteiger partial charge < -0.3 is 30.7 Å². The molecule has 3 N–H and O–H groups in total. The monoisotopic (exact) mass is 679 g/mol. The predicted octanol–water partition coefficient (Wildman–Crippen LogP) is 3.83. The van der Waals surface area contributed by atoms with E-state index in [4.69, 9.17) is 23.8 Å². The van der Waals surface area contributed by atoms with E-state index in [-0.39, 0.29) is 30.3 Å². The van der Waals surface area contributed by atoms with Gasteiger partial charge in [-0.25, -0.2) is 4.79 Å². The second kappa shape index (κ2) is 14.9. The van der Waals surface area contributed by atoms with Gasteiger partial charge in [-0.1, -0.05) is 17.5 Å². The number of halogens is 1. The summed E-state index contributed by atoms with van der Waals surface area (Å²) in [6.45, 7) is 7.44. The number of piperazine rings is 1. The van der Waals surface area contributed by atoms with Crippen LogP contribution in [0, 0.1) is 18.3 Å². The lowest BCUT2D eigenvalue weighted by Crippen LogP contribution is -2.53. The van der Waals surface area contributed by atoms with E-state index in [9.17, 15) is 14.4 Å². The Balaban J connectivity index is 1.09. The smallest absolute Gasteiger partial charge is 0.322 e. The molecule has 10 nitrogen and oxygen atoms in total. The van der Waals surface area contributed by atoms with Gasteiger partial charge in [-0.15, -0.1) is 17.8 Å². The van der Waals surface area contributed by atoms with Crippen LogP contribution in [0.15, 0.2) is 22.9 Å². The van der Waals surface area contributed by atoms with E-state index in [2.05, 4.69) is 33.5 Å². The van der Waals surface area contributed by atoms with E-state index < -0.39 is 5.92 Å². The first-order valence-electron chi connectivity index (χ1n) is 16.9. The topological polar surface area (TPSA) is 105 Å². The largest absolute Gasteiger partial charge is 0.397 e. The number of fused-ring (bicyclic) bond motifs is 1. The molecule has 3 saturated heterocycles. The summed E-state index contributed by atoms with van der Waals surface area (Å²) in [5, 5.41) is 7.49. The Labute approximate surface area is 287 Å². The number of benzene rings is 1. The molecule has 252 valence electrons. The molecule has 4 aliphatic heterocycles. The van der Waals surface area contributed by atoms with E-state index in [0.29, 0.717) is 74.3 Å². The summed E-state index contributed by atoms with van der Waals surface area (Å²) < 4.78 is 0. The molecule has 1 atom stereocenters. The third kappa shape index (κ3) is 7.72. The van der Waals surface area contributed by atoms with Crippen LogP contribution in [0.25, 0.3) is 0 Å². The van der Waals surface area contributed by atoms with E-state index in [1.165, 1.54) is 5.56 Å². The minimum atomic E-state index is -0.541. The van der Waals surface area contributed by atoms with Crippen LogP contribution in [-0.4, -0.2) is 120 Å². The minimum absolute atomic E-state index is 0.00817. The van der Waals surface area contributed by atoms with Gasteiger partial charge in [0.1, 0.15) is 0 Å². The summed E-state index contributed by atoms with van der Waals surface area (Å²) >= 11 is 8.03. The molecule has 0 bridgehead atoms. The molecule has 0 aliphatic carbocycles. The van der Waals surface area contributed by atoms with Crippen molar-refractivity contribution in [3.63, 3.8) is 0 Å². The van der Waals surface area contributed by atoms with Crippen molar-refractivity contribution in [2.75, 3.05) is 77.0 Å². The van der Waals surface area contributed by atoms with Crippen molar-refractivity contribution in [3.8, 4) is 12.3 Å². The lowest BCUT2D eigenvalue weighted by molar-refractivity contribution is -0.143. The normalized spacial score (nSPS) is 21.1. The Hall–Kier alpha value is -3.30. The van der Waals surface area contributed by atoms with Gasteiger partial charge in [-0.2, -0.15) is 0 Å². The van der Waals surface area contributed by atoms with Crippen LogP contribution >= 0.6 is 22.9 Å². The Kier molecular flexibility index (Phi) is 10.6. The summed E-state index contributed by atoms with van der Waals surface area (Å²) in [4.78, 5) is 51.6. The standard InChI is InChI=1S/C35H46ClN7O3S/c1-3-25-18-24(20-30(36)33(25)37)19-27(34(45)42-11-5-28(6-12-42)40-16-14-39(2)15-17-40)21-32(44)41-9-7-29(8-10-41)43-13-4-26-22-47-23-31(26)38-35(43)46/h1,18,20,22-23,27-29H,4-17,19,21,37H2,2H3,(H,38,46)/t27-/m0/s1. The van der Waals surface area contributed by atoms with Gasteiger partial charge in [0.05, 0.1) is 22.3 Å². The first-order valence-corrected chi connectivity index (χ1v) is 18.2. The number of hydrogen-bond donors (Lipinski definition) is 2. The zero-order valence-electron chi connectivity index (χ0n) is 27.3. The minimum Gasteiger partial charge on any atom is -0.397 e. The fraction of sp³-hybridized carbons (Fsp3) is 0.571. The Morgan fingerprint density at radius 1 is 1.00 bits per heavy atom. The molecule has 12 heteroatoms. The van der Waals surface area contributed by atoms with Crippen LogP contribution in [0.1, 0.15) is 48.8 Å². The molecule has 2 aromatic rings. The summed E-state index contributed by atoms with van der Waals surface area (Å²) in [5.41, 5.74) is 9.81. The Bertz CT molecular complexity index is 1500. The average molecular weight is 680 g/mol. The van der Waals surface area contributed by atoms with Crippen LogP contribution in [-0.2, 0) is 22.4 Å². The van der Waals surface area contributed by atoms with Gasteiger partial charge in [0.25, 0.3) is 0 Å². The summed E-state index contributed by atoms with van der Waals surface area (Å²) in [7, 11) is 2.16. The molecule has 1 aromatic heterocycles. The van der Waals surface area contributed by atoms with Gasteiger partial charge in [-0.3, -0.25) is 14.5 Å². The highest BCUT2D eigenvalue weighted by atomic mass is 35.5. The Morgan fingerprint density at radius 3 is 2.38 bits per heavy atom. The molecule has 0 unspecified atom stereocenters. The van der Waals surface area contributed by atoms with Crippen LogP contribution in [0.3, 0.4) is 0 Å². The van der Waals surface area contributed by atoms with Crippen molar-refractivity contribution in [2.45, 2.75) is 57.0 Å². The van der Waals surface area contributed by atoms with Crippen molar-refractivity contribution in [1.29, 1.82) is 0 Å². The maximum Gasteiger partial charge on any atom is 0.322 e. The lowest BCUT2D eigenvalue weighted by Gasteiger charge is -2.42. The van der Waals surface area contributed by atoms with E-state index in [1.54, 1.807) is 17.4 Å². The first-order chi connectivity index (χ1) is 22.7. The molecule has 0 spiro atoms. The number of thiophene rings is 1. The Morgan fingerprint density at radius 2 is 1.68 bits per heavy atom. The van der Waals surface area contributed by atoms with Crippen molar-refractivity contribution in [3.05, 3.63) is 44.6 Å². The number of rotatable bonds is 7. The quantitative estimate of drug-likeness (QED) is 0.341. The van der Waals surface area contributed by atoms with E-state index >= 15 is 0 Å².